The Labute approximate surface area is 253 Å². The fourth-order valence-electron chi connectivity index (χ4n) is 7.56. The minimum Gasteiger partial charge on any atom is -0.497 e. The standard InChI is InChI=1S/C30H27N3O8S2/c1-40-15-7-5-14(6-8-15)31-19(34)12-41-16-4-2-3-13(9-16)21-22-17-10-18(25(22)42-27-26(21)43-30(39)32-27)24-23(17)28(37)33(29(24)38)11-20(35)36/h2-9,17-18,21-25H,10-12H2,1H3,(H,31,34)(H,32,39)(H,35,36)/t17?,18?,21-,22?,23?,24?,25?/m1/s1. The Balaban J connectivity index is 1.15. The molecule has 13 heteroatoms. The summed E-state index contributed by atoms with van der Waals surface area (Å²) in [4.78, 5) is 67.7. The van der Waals surface area contributed by atoms with Crippen LogP contribution < -0.4 is 19.7 Å². The van der Waals surface area contributed by atoms with Crippen molar-refractivity contribution in [3.63, 3.8) is 0 Å². The van der Waals surface area contributed by atoms with Crippen molar-refractivity contribution in [1.29, 1.82) is 0 Å². The predicted octanol–water partition coefficient (Wildman–Crippen LogP) is 3.02. The van der Waals surface area contributed by atoms with Gasteiger partial charge < -0.3 is 24.9 Å². The molecule has 4 aliphatic rings. The van der Waals surface area contributed by atoms with E-state index in [0.717, 1.165) is 31.7 Å². The van der Waals surface area contributed by atoms with Crippen LogP contribution in [0.2, 0.25) is 0 Å². The third-order valence-corrected chi connectivity index (χ3v) is 11.7. The molecule has 3 heterocycles. The summed E-state index contributed by atoms with van der Waals surface area (Å²) < 4.78 is 11.0. The average Bonchev–Trinajstić information content (AvgIpc) is 3.72. The number of amides is 3. The van der Waals surface area contributed by atoms with Gasteiger partial charge in [0.05, 0.1) is 24.0 Å². The van der Waals surface area contributed by atoms with Crippen molar-refractivity contribution in [1.82, 2.24) is 9.88 Å². The maximum absolute atomic E-state index is 13.4. The number of carboxylic acid groups (broad SMARTS) is 1. The number of hydrogen-bond acceptors (Lipinski definition) is 9. The zero-order valence-electron chi connectivity index (χ0n) is 22.9. The van der Waals surface area contributed by atoms with E-state index in [1.165, 1.54) is 0 Å². The molecule has 7 atom stereocenters. The van der Waals surface area contributed by atoms with Crippen LogP contribution >= 0.6 is 23.1 Å². The van der Waals surface area contributed by atoms with Crippen LogP contribution in [0.5, 0.6) is 11.5 Å². The molecule has 1 saturated heterocycles. The van der Waals surface area contributed by atoms with Crippen molar-refractivity contribution < 1.29 is 33.8 Å². The van der Waals surface area contributed by atoms with E-state index in [1.807, 2.05) is 18.2 Å². The number of anilines is 1. The van der Waals surface area contributed by atoms with E-state index in [0.29, 0.717) is 23.6 Å². The summed E-state index contributed by atoms with van der Waals surface area (Å²) in [7, 11) is 1.57. The van der Waals surface area contributed by atoms with E-state index < -0.39 is 36.2 Å². The van der Waals surface area contributed by atoms with Gasteiger partial charge in [-0.15, -0.1) is 11.8 Å². The van der Waals surface area contributed by atoms with Crippen LogP contribution in [0.25, 0.3) is 0 Å². The SMILES string of the molecule is COc1ccc(NC(=O)COc2cccc([C@H]3c4sc(=O)[nH]c4SC4C5CC(C6C(=O)N(CC(=O)O)C(=O)C56)C43)c2)cc1. The number of imide groups is 1. The molecule has 3 N–H and O–H groups in total. The summed E-state index contributed by atoms with van der Waals surface area (Å²) in [6.45, 7) is -0.836. The molecule has 7 rings (SSSR count). The molecule has 11 nitrogen and oxygen atoms in total. The number of carbonyl (C=O) groups is 4. The highest BCUT2D eigenvalue weighted by atomic mass is 32.2. The number of hydrogen-bond donors (Lipinski definition) is 3. The van der Waals surface area contributed by atoms with Crippen LogP contribution in [0.15, 0.2) is 58.4 Å². The number of aliphatic carboxylic acids is 1. The second-order valence-electron chi connectivity index (χ2n) is 11.3. The van der Waals surface area contributed by atoms with Gasteiger partial charge in [0.1, 0.15) is 18.0 Å². The Bertz CT molecular complexity index is 1700. The fourth-order valence-corrected chi connectivity index (χ4v) is 10.4. The van der Waals surface area contributed by atoms with E-state index in [-0.39, 0.29) is 46.3 Å². The second kappa shape index (κ2) is 10.6. The number of H-pyrrole nitrogens is 1. The quantitative estimate of drug-likeness (QED) is 0.322. The molecule has 2 aromatic carbocycles. The van der Waals surface area contributed by atoms with Crippen LogP contribution in [-0.2, 0) is 19.2 Å². The molecule has 1 aromatic heterocycles. The number of likely N-dealkylation sites (tertiary alicyclic amines) is 1. The average molecular weight is 622 g/mol. The zero-order valence-corrected chi connectivity index (χ0v) is 24.5. The number of thiazole rings is 1. The fraction of sp³-hybridized carbons (Fsp3) is 0.367. The summed E-state index contributed by atoms with van der Waals surface area (Å²) in [6.07, 6.45) is 0.702. The number of benzene rings is 2. The Morgan fingerprint density at radius 2 is 1.79 bits per heavy atom. The van der Waals surface area contributed by atoms with Crippen molar-refractivity contribution in [2.24, 2.45) is 29.6 Å². The van der Waals surface area contributed by atoms with Crippen molar-refractivity contribution in [3.8, 4) is 11.5 Å². The molecular formula is C30H27N3O8S2. The first-order chi connectivity index (χ1) is 20.7. The summed E-state index contributed by atoms with van der Waals surface area (Å²) in [5.41, 5.74) is 1.50. The lowest BCUT2D eigenvalue weighted by Gasteiger charge is -2.43. The number of carboxylic acids is 1. The van der Waals surface area contributed by atoms with Crippen molar-refractivity contribution in [2.75, 3.05) is 25.6 Å². The van der Waals surface area contributed by atoms with Gasteiger partial charge in [0.15, 0.2) is 6.61 Å². The Kier molecular flexibility index (Phi) is 6.81. The monoisotopic (exact) mass is 621 g/mol. The van der Waals surface area contributed by atoms with Crippen LogP contribution in [0.4, 0.5) is 5.69 Å². The van der Waals surface area contributed by atoms with Gasteiger partial charge in [-0.05, 0) is 66.1 Å². The number of carbonyl (C=O) groups excluding carboxylic acids is 3. The van der Waals surface area contributed by atoms with E-state index in [1.54, 1.807) is 49.2 Å². The summed E-state index contributed by atoms with van der Waals surface area (Å²) >= 11 is 2.71. The summed E-state index contributed by atoms with van der Waals surface area (Å²) in [6, 6.07) is 14.4. The van der Waals surface area contributed by atoms with Crippen molar-refractivity contribution in [2.45, 2.75) is 22.6 Å². The smallest absolute Gasteiger partial charge is 0.323 e. The largest absolute Gasteiger partial charge is 0.497 e. The normalized spacial score (nSPS) is 28.3. The van der Waals surface area contributed by atoms with Gasteiger partial charge in [0, 0.05) is 21.7 Å². The molecule has 2 saturated carbocycles. The molecule has 2 aliphatic heterocycles. The van der Waals surface area contributed by atoms with Gasteiger partial charge in [-0.1, -0.05) is 23.5 Å². The first-order valence-electron chi connectivity index (χ1n) is 13.9. The Morgan fingerprint density at radius 3 is 2.51 bits per heavy atom. The molecule has 0 radical (unpaired) electrons. The van der Waals surface area contributed by atoms with Crippen molar-refractivity contribution >= 4 is 52.5 Å². The lowest BCUT2D eigenvalue weighted by atomic mass is 9.68. The summed E-state index contributed by atoms with van der Waals surface area (Å²) in [5.74, 6) is -2.75. The molecule has 3 amide bonds. The van der Waals surface area contributed by atoms with Gasteiger partial charge in [-0.25, -0.2) is 0 Å². The van der Waals surface area contributed by atoms with Crippen molar-refractivity contribution in [3.05, 3.63) is 68.6 Å². The predicted molar refractivity (Wildman–Crippen MR) is 156 cm³/mol. The van der Waals surface area contributed by atoms with Gasteiger partial charge in [-0.3, -0.25) is 28.9 Å². The molecular weight excluding hydrogens is 594 g/mol. The minimum atomic E-state index is -1.21. The minimum absolute atomic E-state index is 0.0182. The van der Waals surface area contributed by atoms with E-state index in [2.05, 4.69) is 10.3 Å². The van der Waals surface area contributed by atoms with Crippen LogP contribution in [0.3, 0.4) is 0 Å². The number of methoxy groups -OCH3 is 1. The number of rotatable bonds is 8. The van der Waals surface area contributed by atoms with E-state index >= 15 is 0 Å². The molecule has 2 aliphatic carbocycles. The zero-order chi connectivity index (χ0) is 30.0. The number of aromatic amines is 1. The number of thioether (sulfide) groups is 1. The third kappa shape index (κ3) is 4.61. The van der Waals surface area contributed by atoms with E-state index in [9.17, 15) is 29.1 Å². The molecule has 43 heavy (non-hydrogen) atoms. The molecule has 2 bridgehead atoms. The molecule has 3 fully saturated rings. The first kappa shape index (κ1) is 27.7. The topological polar surface area (TPSA) is 155 Å². The highest BCUT2D eigenvalue weighted by Gasteiger charge is 2.69. The van der Waals surface area contributed by atoms with Gasteiger partial charge in [0.25, 0.3) is 5.91 Å². The van der Waals surface area contributed by atoms with Crippen LogP contribution in [0.1, 0.15) is 22.8 Å². The number of aromatic nitrogens is 1. The van der Waals surface area contributed by atoms with Gasteiger partial charge in [-0.2, -0.15) is 0 Å². The third-order valence-electron chi connectivity index (χ3n) is 9.07. The van der Waals surface area contributed by atoms with Crippen LogP contribution in [-0.4, -0.2) is 64.2 Å². The number of nitrogens with zero attached hydrogens (tertiary/aromatic N) is 1. The Hall–Kier alpha value is -4.10. The van der Waals surface area contributed by atoms with Gasteiger partial charge >= 0.3 is 10.8 Å². The second-order valence-corrected chi connectivity index (χ2v) is 13.5. The number of fused-ring (bicyclic) bond motifs is 9. The molecule has 222 valence electrons. The number of ether oxygens (including phenoxy) is 2. The lowest BCUT2D eigenvalue weighted by molar-refractivity contribution is -0.149. The highest BCUT2D eigenvalue weighted by Crippen LogP contribution is 2.68. The van der Waals surface area contributed by atoms with Crippen LogP contribution in [0, 0.1) is 29.6 Å². The first-order valence-corrected chi connectivity index (χ1v) is 15.6. The maximum Gasteiger partial charge on any atom is 0.323 e. The molecule has 0 spiro atoms. The molecule has 6 unspecified atom stereocenters. The molecule has 3 aromatic rings. The lowest BCUT2D eigenvalue weighted by Crippen LogP contribution is -2.42. The summed E-state index contributed by atoms with van der Waals surface area (Å²) in [5, 5.41) is 12.9. The Morgan fingerprint density at radius 1 is 1.05 bits per heavy atom. The highest BCUT2D eigenvalue weighted by molar-refractivity contribution is 8.00. The maximum atomic E-state index is 13.4. The van der Waals surface area contributed by atoms with Gasteiger partial charge in [0.2, 0.25) is 11.8 Å². The number of nitrogens with one attached hydrogen (secondary N) is 2. The van der Waals surface area contributed by atoms with E-state index in [4.69, 9.17) is 9.47 Å².